The Morgan fingerprint density at radius 1 is 1.53 bits per heavy atom. The van der Waals surface area contributed by atoms with Gasteiger partial charge in [-0.25, -0.2) is 0 Å². The molecule has 106 valence electrons. The van der Waals surface area contributed by atoms with Gasteiger partial charge in [-0.2, -0.15) is 0 Å². The fourth-order valence-electron chi connectivity index (χ4n) is 2.41. The number of carbonyl (C=O) groups excluding carboxylic acids is 1. The molecule has 0 aliphatic heterocycles. The van der Waals surface area contributed by atoms with Crippen molar-refractivity contribution in [3.05, 3.63) is 18.0 Å². The summed E-state index contributed by atoms with van der Waals surface area (Å²) in [5, 5.41) is 3.08. The van der Waals surface area contributed by atoms with Crippen molar-refractivity contribution in [2.24, 2.45) is 0 Å². The summed E-state index contributed by atoms with van der Waals surface area (Å²) in [6.07, 6.45) is 8.84. The molecule has 1 amide bonds. The van der Waals surface area contributed by atoms with E-state index in [1.54, 1.807) is 6.07 Å². The first-order valence-corrected chi connectivity index (χ1v) is 7.40. The number of aromatic nitrogens is 1. The SMILES string of the molecule is CCCCCC(C)NC(=O)c1cc(N)cn1C1CC1. The predicted molar refractivity (Wildman–Crippen MR) is 78.2 cm³/mol. The van der Waals surface area contributed by atoms with E-state index in [-0.39, 0.29) is 11.9 Å². The molecule has 0 bridgehead atoms. The minimum atomic E-state index is 0.00704. The smallest absolute Gasteiger partial charge is 0.268 e. The Balaban J connectivity index is 1.92. The third-order valence-electron chi connectivity index (χ3n) is 3.66. The van der Waals surface area contributed by atoms with E-state index >= 15 is 0 Å². The predicted octanol–water partition coefficient (Wildman–Crippen LogP) is 3.10. The Morgan fingerprint density at radius 3 is 2.89 bits per heavy atom. The van der Waals surface area contributed by atoms with Crippen LogP contribution < -0.4 is 11.1 Å². The van der Waals surface area contributed by atoms with Gasteiger partial charge in [0.1, 0.15) is 5.69 Å². The molecule has 0 radical (unpaired) electrons. The summed E-state index contributed by atoms with van der Waals surface area (Å²) in [5.41, 5.74) is 7.20. The van der Waals surface area contributed by atoms with Gasteiger partial charge in [-0.05, 0) is 32.3 Å². The molecule has 1 saturated carbocycles. The van der Waals surface area contributed by atoms with Crippen molar-refractivity contribution in [3.8, 4) is 0 Å². The van der Waals surface area contributed by atoms with Crippen LogP contribution in [0.3, 0.4) is 0 Å². The molecule has 1 aromatic rings. The van der Waals surface area contributed by atoms with E-state index in [9.17, 15) is 4.79 Å². The normalized spacial score (nSPS) is 16.3. The number of anilines is 1. The van der Waals surface area contributed by atoms with Crippen molar-refractivity contribution in [1.82, 2.24) is 9.88 Å². The van der Waals surface area contributed by atoms with Gasteiger partial charge in [0.15, 0.2) is 0 Å². The van der Waals surface area contributed by atoms with Crippen LogP contribution in [0.25, 0.3) is 0 Å². The number of amides is 1. The second kappa shape index (κ2) is 6.13. The summed E-state index contributed by atoms with van der Waals surface area (Å²) in [5.74, 6) is 0.00704. The maximum absolute atomic E-state index is 12.3. The molecule has 0 aromatic carbocycles. The van der Waals surface area contributed by atoms with Crippen molar-refractivity contribution >= 4 is 11.6 Å². The number of nitrogens with zero attached hydrogens (tertiary/aromatic N) is 1. The molecular weight excluding hydrogens is 238 g/mol. The van der Waals surface area contributed by atoms with Crippen molar-refractivity contribution in [3.63, 3.8) is 0 Å². The zero-order valence-electron chi connectivity index (χ0n) is 12.0. The monoisotopic (exact) mass is 263 g/mol. The largest absolute Gasteiger partial charge is 0.397 e. The zero-order chi connectivity index (χ0) is 13.8. The van der Waals surface area contributed by atoms with E-state index in [0.29, 0.717) is 17.4 Å². The Kier molecular flexibility index (Phi) is 4.51. The third-order valence-corrected chi connectivity index (χ3v) is 3.66. The third kappa shape index (κ3) is 3.75. The lowest BCUT2D eigenvalue weighted by Crippen LogP contribution is -2.33. The quantitative estimate of drug-likeness (QED) is 0.743. The van der Waals surface area contributed by atoms with E-state index < -0.39 is 0 Å². The minimum absolute atomic E-state index is 0.00704. The highest BCUT2D eigenvalue weighted by Crippen LogP contribution is 2.37. The Labute approximate surface area is 115 Å². The number of hydrogen-bond acceptors (Lipinski definition) is 2. The summed E-state index contributed by atoms with van der Waals surface area (Å²) in [6, 6.07) is 2.49. The average Bonchev–Trinajstić information content (AvgIpc) is 3.12. The molecule has 1 fully saturated rings. The molecule has 0 saturated heterocycles. The molecule has 3 N–H and O–H groups in total. The summed E-state index contributed by atoms with van der Waals surface area (Å²) in [6.45, 7) is 4.26. The molecule has 1 heterocycles. The van der Waals surface area contributed by atoms with Crippen molar-refractivity contribution in [1.29, 1.82) is 0 Å². The molecule has 1 aliphatic carbocycles. The first kappa shape index (κ1) is 14.0. The standard InChI is InChI=1S/C15H25N3O/c1-3-4-5-6-11(2)17-15(19)14-9-12(16)10-18(14)13-7-8-13/h9-11,13H,3-8,16H2,1-2H3,(H,17,19). The summed E-state index contributed by atoms with van der Waals surface area (Å²) in [7, 11) is 0. The van der Waals surface area contributed by atoms with Gasteiger partial charge in [0, 0.05) is 18.3 Å². The Bertz CT molecular complexity index is 435. The maximum atomic E-state index is 12.3. The van der Waals surface area contributed by atoms with Gasteiger partial charge in [0.25, 0.3) is 5.91 Å². The summed E-state index contributed by atoms with van der Waals surface area (Å²) < 4.78 is 2.03. The van der Waals surface area contributed by atoms with E-state index in [1.807, 2.05) is 10.8 Å². The van der Waals surface area contributed by atoms with Gasteiger partial charge in [-0.15, -0.1) is 0 Å². The topological polar surface area (TPSA) is 60.1 Å². The number of unbranched alkanes of at least 4 members (excludes halogenated alkanes) is 2. The Morgan fingerprint density at radius 2 is 2.26 bits per heavy atom. The van der Waals surface area contributed by atoms with Crippen molar-refractivity contribution < 1.29 is 4.79 Å². The number of nitrogens with one attached hydrogen (secondary N) is 1. The fraction of sp³-hybridized carbons (Fsp3) is 0.667. The van der Waals surface area contributed by atoms with Crippen LogP contribution in [0.5, 0.6) is 0 Å². The molecule has 1 aromatic heterocycles. The van der Waals surface area contributed by atoms with E-state index in [1.165, 1.54) is 19.3 Å². The highest BCUT2D eigenvalue weighted by Gasteiger charge is 2.27. The van der Waals surface area contributed by atoms with Crippen LogP contribution in [0.4, 0.5) is 5.69 Å². The first-order chi connectivity index (χ1) is 9.11. The molecule has 4 heteroatoms. The van der Waals surface area contributed by atoms with Gasteiger partial charge in [0.2, 0.25) is 0 Å². The number of carbonyl (C=O) groups is 1. The van der Waals surface area contributed by atoms with E-state index in [4.69, 9.17) is 5.73 Å². The summed E-state index contributed by atoms with van der Waals surface area (Å²) in [4.78, 5) is 12.3. The lowest BCUT2D eigenvalue weighted by Gasteiger charge is -2.14. The first-order valence-electron chi connectivity index (χ1n) is 7.40. The van der Waals surface area contributed by atoms with Crippen LogP contribution in [-0.2, 0) is 0 Å². The van der Waals surface area contributed by atoms with Gasteiger partial charge in [-0.3, -0.25) is 4.79 Å². The van der Waals surface area contributed by atoms with Crippen LogP contribution in [-0.4, -0.2) is 16.5 Å². The number of nitrogen functional groups attached to an aromatic ring is 1. The molecule has 1 aliphatic rings. The lowest BCUT2D eigenvalue weighted by molar-refractivity contribution is 0.0928. The van der Waals surface area contributed by atoms with E-state index in [0.717, 1.165) is 19.3 Å². The van der Waals surface area contributed by atoms with Gasteiger partial charge in [0.05, 0.1) is 5.69 Å². The molecule has 1 atom stereocenters. The molecule has 19 heavy (non-hydrogen) atoms. The molecular formula is C15H25N3O. The second-order valence-corrected chi connectivity index (χ2v) is 5.67. The van der Waals surface area contributed by atoms with Crippen molar-refractivity contribution in [2.45, 2.75) is 64.5 Å². The van der Waals surface area contributed by atoms with Crippen LogP contribution in [0.15, 0.2) is 12.3 Å². The highest BCUT2D eigenvalue weighted by atomic mass is 16.2. The lowest BCUT2D eigenvalue weighted by atomic mass is 10.1. The fourth-order valence-corrected chi connectivity index (χ4v) is 2.41. The van der Waals surface area contributed by atoms with Crippen molar-refractivity contribution in [2.75, 3.05) is 5.73 Å². The van der Waals surface area contributed by atoms with Gasteiger partial charge >= 0.3 is 0 Å². The molecule has 2 rings (SSSR count). The van der Waals surface area contributed by atoms with Gasteiger partial charge < -0.3 is 15.6 Å². The maximum Gasteiger partial charge on any atom is 0.268 e. The molecule has 0 spiro atoms. The highest BCUT2D eigenvalue weighted by molar-refractivity contribution is 5.94. The minimum Gasteiger partial charge on any atom is -0.397 e. The number of rotatable bonds is 7. The van der Waals surface area contributed by atoms with Crippen LogP contribution >= 0.6 is 0 Å². The number of hydrogen-bond donors (Lipinski definition) is 2. The average molecular weight is 263 g/mol. The molecule has 1 unspecified atom stereocenters. The van der Waals surface area contributed by atoms with Gasteiger partial charge in [-0.1, -0.05) is 26.2 Å². The number of nitrogens with two attached hydrogens (primary N) is 1. The van der Waals surface area contributed by atoms with E-state index in [2.05, 4.69) is 19.2 Å². The van der Waals surface area contributed by atoms with Crippen LogP contribution in [0.2, 0.25) is 0 Å². The second-order valence-electron chi connectivity index (χ2n) is 5.67. The Hall–Kier alpha value is -1.45. The molecule has 4 nitrogen and oxygen atoms in total. The van der Waals surface area contributed by atoms with Crippen LogP contribution in [0.1, 0.15) is 68.9 Å². The summed E-state index contributed by atoms with van der Waals surface area (Å²) >= 11 is 0. The zero-order valence-corrected chi connectivity index (χ0v) is 12.0. The van der Waals surface area contributed by atoms with Crippen LogP contribution in [0, 0.1) is 0 Å².